The van der Waals surface area contributed by atoms with E-state index in [-0.39, 0.29) is 6.61 Å². The van der Waals surface area contributed by atoms with Crippen molar-refractivity contribution in [2.75, 3.05) is 0 Å². The fourth-order valence-corrected chi connectivity index (χ4v) is 3.14. The number of rotatable bonds is 5. The predicted molar refractivity (Wildman–Crippen MR) is 98.0 cm³/mol. The largest absolute Gasteiger partial charge is 0.461 e. The summed E-state index contributed by atoms with van der Waals surface area (Å²) in [7, 11) is 0. The molecule has 2 nitrogen and oxygen atoms in total. The molecule has 0 spiro atoms. The first kappa shape index (κ1) is 19.5. The number of hydrogen-bond acceptors (Lipinski definition) is 2. The normalized spacial score (nSPS) is 19.7. The second kappa shape index (κ2) is 7.77. The van der Waals surface area contributed by atoms with Gasteiger partial charge in [-0.25, -0.2) is 0 Å². The minimum absolute atomic E-state index is 0.0886. The Balaban J connectivity index is 1.62. The molecule has 1 saturated carbocycles. The number of ether oxygens (including phenoxy) is 1. The van der Waals surface area contributed by atoms with Gasteiger partial charge < -0.3 is 4.74 Å². The van der Waals surface area contributed by atoms with Crippen LogP contribution < -0.4 is 0 Å². The molecule has 0 heterocycles. The van der Waals surface area contributed by atoms with E-state index in [1.165, 1.54) is 0 Å². The highest BCUT2D eigenvalue weighted by molar-refractivity contribution is 6.30. The number of alkyl halides is 3. The Morgan fingerprint density at radius 2 is 1.89 bits per heavy atom. The zero-order valence-corrected chi connectivity index (χ0v) is 15.3. The Morgan fingerprint density at radius 1 is 1.19 bits per heavy atom. The van der Waals surface area contributed by atoms with E-state index in [1.54, 1.807) is 0 Å². The number of benzene rings is 2. The highest BCUT2D eigenvalue weighted by Gasteiger charge is 2.45. The Hall–Kier alpha value is -2.27. The third-order valence-corrected chi connectivity index (χ3v) is 5.01. The molecule has 27 heavy (non-hydrogen) atoms. The molecule has 0 saturated heterocycles. The molecule has 0 aromatic heterocycles. The van der Waals surface area contributed by atoms with Gasteiger partial charge in [0.05, 0.1) is 5.92 Å². The molecule has 2 atom stereocenters. The number of hydrogen-bond donors (Lipinski definition) is 0. The van der Waals surface area contributed by atoms with Gasteiger partial charge in [0.2, 0.25) is 0 Å². The molecule has 142 valence electrons. The molecule has 0 bridgehead atoms. The number of carbonyl (C=O) groups is 1. The van der Waals surface area contributed by atoms with Crippen LogP contribution in [0, 0.1) is 18.8 Å². The molecule has 0 radical (unpaired) electrons. The number of esters is 1. The van der Waals surface area contributed by atoms with Crippen LogP contribution in [0.5, 0.6) is 0 Å². The molecule has 1 fully saturated rings. The van der Waals surface area contributed by atoms with Gasteiger partial charge in [-0.15, -0.1) is 0 Å². The lowest BCUT2D eigenvalue weighted by Gasteiger charge is -2.12. The van der Waals surface area contributed by atoms with Crippen molar-refractivity contribution in [3.05, 3.63) is 70.8 Å². The molecule has 0 amide bonds. The van der Waals surface area contributed by atoms with Gasteiger partial charge in [0.15, 0.2) is 0 Å². The molecule has 0 unspecified atom stereocenters. The van der Waals surface area contributed by atoms with Gasteiger partial charge >= 0.3 is 12.1 Å². The highest BCUT2D eigenvalue weighted by Crippen LogP contribution is 2.44. The molecular formula is C21H18ClF3O2. The third-order valence-electron chi connectivity index (χ3n) is 4.67. The number of halogens is 4. The molecule has 1 aliphatic carbocycles. The fraction of sp³-hybridized carbons (Fsp3) is 0.286. The van der Waals surface area contributed by atoms with E-state index >= 15 is 0 Å². The fourth-order valence-electron chi connectivity index (χ4n) is 2.98. The van der Waals surface area contributed by atoms with Crippen LogP contribution in [0.1, 0.15) is 17.5 Å². The summed E-state index contributed by atoms with van der Waals surface area (Å²) in [6.07, 6.45) is -3.35. The first-order valence-corrected chi connectivity index (χ1v) is 8.90. The Bertz CT molecular complexity index is 859. The van der Waals surface area contributed by atoms with Crippen LogP contribution in [0.4, 0.5) is 13.2 Å². The van der Waals surface area contributed by atoms with E-state index in [1.807, 2.05) is 55.5 Å². The van der Waals surface area contributed by atoms with Gasteiger partial charge in [0, 0.05) is 0 Å². The van der Waals surface area contributed by atoms with Crippen LogP contribution in [-0.4, -0.2) is 12.1 Å². The van der Waals surface area contributed by atoms with Gasteiger partial charge in [0.25, 0.3) is 0 Å². The van der Waals surface area contributed by atoms with Crippen molar-refractivity contribution >= 4 is 17.6 Å². The quantitative estimate of drug-likeness (QED) is 0.579. The lowest BCUT2D eigenvalue weighted by molar-refractivity contribution is -0.146. The minimum Gasteiger partial charge on any atom is -0.461 e. The zero-order chi connectivity index (χ0) is 19.6. The first-order valence-electron chi connectivity index (χ1n) is 8.52. The minimum atomic E-state index is -4.58. The molecule has 6 heteroatoms. The second-order valence-corrected chi connectivity index (χ2v) is 6.99. The summed E-state index contributed by atoms with van der Waals surface area (Å²) in [5, 5.41) is -1.19. The van der Waals surface area contributed by atoms with E-state index in [4.69, 9.17) is 16.3 Å². The van der Waals surface area contributed by atoms with Crippen molar-refractivity contribution in [3.8, 4) is 11.1 Å². The van der Waals surface area contributed by atoms with Gasteiger partial charge in [-0.3, -0.25) is 4.79 Å². The van der Waals surface area contributed by atoms with Crippen LogP contribution in [0.2, 0.25) is 0 Å². The predicted octanol–water partition coefficient (Wildman–Crippen LogP) is 6.03. The molecule has 3 rings (SSSR count). The van der Waals surface area contributed by atoms with E-state index in [0.29, 0.717) is 6.42 Å². The third kappa shape index (κ3) is 4.72. The first-order chi connectivity index (χ1) is 12.8. The Morgan fingerprint density at radius 3 is 2.56 bits per heavy atom. The maximum atomic E-state index is 12.4. The molecule has 2 aromatic carbocycles. The van der Waals surface area contributed by atoms with Gasteiger partial charge in [-0.1, -0.05) is 66.2 Å². The van der Waals surface area contributed by atoms with Crippen LogP contribution in [0.15, 0.2) is 59.6 Å². The summed E-state index contributed by atoms with van der Waals surface area (Å²) >= 11 is 5.22. The highest BCUT2D eigenvalue weighted by atomic mass is 35.5. The second-order valence-electron chi connectivity index (χ2n) is 6.58. The Labute approximate surface area is 160 Å². The summed E-state index contributed by atoms with van der Waals surface area (Å²) in [4.78, 5) is 12.1. The molecule has 0 aliphatic heterocycles. The van der Waals surface area contributed by atoms with Crippen LogP contribution in [-0.2, 0) is 16.1 Å². The average Bonchev–Trinajstić information content (AvgIpc) is 3.40. The average molecular weight is 395 g/mol. The molecule has 1 aliphatic rings. The summed E-state index contributed by atoms with van der Waals surface area (Å²) in [6, 6.07) is 15.6. The van der Waals surface area contributed by atoms with Crippen LogP contribution in [0.25, 0.3) is 11.1 Å². The van der Waals surface area contributed by atoms with Gasteiger partial charge in [0.1, 0.15) is 11.6 Å². The summed E-state index contributed by atoms with van der Waals surface area (Å²) in [5.74, 6) is -1.56. The summed E-state index contributed by atoms with van der Waals surface area (Å²) in [5.41, 5.74) is 3.99. The molecule has 0 N–H and O–H groups in total. The van der Waals surface area contributed by atoms with Crippen molar-refractivity contribution in [2.24, 2.45) is 11.8 Å². The smallest absolute Gasteiger partial charge is 0.426 e. The number of carbonyl (C=O) groups excluding carboxylic acids is 1. The Kier molecular flexibility index (Phi) is 5.61. The van der Waals surface area contributed by atoms with Gasteiger partial charge in [-0.2, -0.15) is 13.2 Å². The van der Waals surface area contributed by atoms with E-state index < -0.39 is 29.0 Å². The molecular weight excluding hydrogens is 377 g/mol. The van der Waals surface area contributed by atoms with Crippen molar-refractivity contribution in [2.45, 2.75) is 26.1 Å². The van der Waals surface area contributed by atoms with Crippen LogP contribution in [0.3, 0.4) is 0 Å². The summed E-state index contributed by atoms with van der Waals surface area (Å²) < 4.78 is 42.7. The van der Waals surface area contributed by atoms with Crippen molar-refractivity contribution in [1.82, 2.24) is 0 Å². The van der Waals surface area contributed by atoms with Crippen LogP contribution >= 0.6 is 11.6 Å². The van der Waals surface area contributed by atoms with Crippen molar-refractivity contribution in [1.29, 1.82) is 0 Å². The lowest BCUT2D eigenvalue weighted by Crippen LogP contribution is -2.10. The van der Waals surface area contributed by atoms with E-state index in [9.17, 15) is 18.0 Å². The van der Waals surface area contributed by atoms with E-state index in [0.717, 1.165) is 28.3 Å². The topological polar surface area (TPSA) is 26.3 Å². The SMILES string of the molecule is Cc1c(COC(=O)[C@H]2C[C@H]2/C=C(\Cl)C(F)(F)F)cccc1-c1ccccc1. The van der Waals surface area contributed by atoms with Crippen molar-refractivity contribution in [3.63, 3.8) is 0 Å². The maximum absolute atomic E-state index is 12.4. The van der Waals surface area contributed by atoms with E-state index in [2.05, 4.69) is 0 Å². The zero-order valence-electron chi connectivity index (χ0n) is 14.6. The summed E-state index contributed by atoms with van der Waals surface area (Å²) in [6.45, 7) is 2.04. The standard InChI is InChI=1S/C21H18ClF3O2/c1-13-15(8-5-9-17(13)14-6-3-2-4-7-14)12-27-20(26)18-10-16(18)11-19(22)21(23,24)25/h2-9,11,16,18H,10,12H2,1H3/b19-11-/t16-,18-/m0/s1. The van der Waals surface area contributed by atoms with Gasteiger partial charge in [-0.05, 0) is 41.5 Å². The maximum Gasteiger partial charge on any atom is 0.426 e. The monoisotopic (exact) mass is 394 g/mol. The number of allylic oxidation sites excluding steroid dienone is 2. The lowest BCUT2D eigenvalue weighted by atomic mass is 9.97. The van der Waals surface area contributed by atoms with Crippen molar-refractivity contribution < 1.29 is 22.7 Å². The molecule has 2 aromatic rings.